The number of anilines is 1. The van der Waals surface area contributed by atoms with Crippen molar-refractivity contribution in [1.29, 1.82) is 0 Å². The topological polar surface area (TPSA) is 137 Å². The summed E-state index contributed by atoms with van der Waals surface area (Å²) in [4.78, 5) is 22.9. The first-order valence-electron chi connectivity index (χ1n) is 9.28. The molecule has 4 aromatic rings. The van der Waals surface area contributed by atoms with Gasteiger partial charge in [-0.3, -0.25) is 4.79 Å². The quantitative estimate of drug-likeness (QED) is 0.337. The molecular formula is C20H19N5O4S2. The third-order valence-electron chi connectivity index (χ3n) is 4.44. The fourth-order valence-corrected chi connectivity index (χ4v) is 5.33. The maximum absolute atomic E-state index is 13.0. The van der Waals surface area contributed by atoms with E-state index in [0.29, 0.717) is 12.2 Å². The molecule has 4 N–H and O–H groups in total. The van der Waals surface area contributed by atoms with Gasteiger partial charge in [-0.05, 0) is 36.2 Å². The first kappa shape index (κ1) is 21.0. The van der Waals surface area contributed by atoms with Crippen LogP contribution in [0.25, 0.3) is 11.0 Å². The zero-order valence-corrected chi connectivity index (χ0v) is 18.0. The number of phenols is 1. The molecule has 31 heavy (non-hydrogen) atoms. The molecule has 0 saturated carbocycles. The van der Waals surface area contributed by atoms with Crippen LogP contribution in [0.15, 0.2) is 58.9 Å². The van der Waals surface area contributed by atoms with Gasteiger partial charge in [-0.1, -0.05) is 35.6 Å². The molecule has 11 heteroatoms. The van der Waals surface area contributed by atoms with Crippen molar-refractivity contribution in [1.82, 2.24) is 19.7 Å². The molecule has 1 unspecified atom stereocenters. The number of nitrogens with one attached hydrogen (secondary N) is 3. The fourth-order valence-electron chi connectivity index (χ4n) is 3.04. The second-order valence-electron chi connectivity index (χ2n) is 6.85. The highest BCUT2D eigenvalue weighted by Crippen LogP contribution is 2.27. The number of aromatic hydroxyl groups is 1. The van der Waals surface area contributed by atoms with Crippen LogP contribution in [0, 0.1) is 0 Å². The normalized spacial score (nSPS) is 12.7. The summed E-state index contributed by atoms with van der Waals surface area (Å²) in [6.45, 7) is 1.32. The van der Waals surface area contributed by atoms with Crippen LogP contribution in [0.2, 0.25) is 0 Å². The van der Waals surface area contributed by atoms with E-state index in [0.717, 1.165) is 27.9 Å². The van der Waals surface area contributed by atoms with Crippen molar-refractivity contribution >= 4 is 43.4 Å². The molecule has 9 nitrogen and oxygen atoms in total. The van der Waals surface area contributed by atoms with Gasteiger partial charge in [-0.2, -0.15) is 4.72 Å². The van der Waals surface area contributed by atoms with Crippen molar-refractivity contribution in [3.8, 4) is 5.75 Å². The van der Waals surface area contributed by atoms with Gasteiger partial charge in [0, 0.05) is 6.92 Å². The number of phenolic OH excluding ortho intramolecular Hbond substituents is 1. The van der Waals surface area contributed by atoms with Crippen molar-refractivity contribution in [3.05, 3.63) is 66.1 Å². The number of amides is 1. The highest BCUT2D eigenvalue weighted by molar-refractivity contribution is 7.91. The van der Waals surface area contributed by atoms with Gasteiger partial charge in [-0.25, -0.2) is 18.4 Å². The summed E-state index contributed by atoms with van der Waals surface area (Å²) in [7, 11) is -3.94. The monoisotopic (exact) mass is 457 g/mol. The van der Waals surface area contributed by atoms with E-state index < -0.39 is 16.1 Å². The SMILES string of the molecule is CC(=O)Nc1ncc(S(=O)(=O)NC(Cc2ccc(O)cc2)c2nc3ccccc3[nH]2)s1. The molecule has 0 aliphatic carbocycles. The molecule has 1 atom stereocenters. The van der Waals surface area contributed by atoms with Crippen LogP contribution in [0.3, 0.4) is 0 Å². The Morgan fingerprint density at radius 3 is 2.65 bits per heavy atom. The average Bonchev–Trinajstić information content (AvgIpc) is 3.36. The summed E-state index contributed by atoms with van der Waals surface area (Å²) in [6, 6.07) is 13.3. The Kier molecular flexibility index (Phi) is 5.72. The van der Waals surface area contributed by atoms with Crippen LogP contribution >= 0.6 is 11.3 Å². The van der Waals surface area contributed by atoms with E-state index in [9.17, 15) is 18.3 Å². The molecule has 0 saturated heterocycles. The highest BCUT2D eigenvalue weighted by atomic mass is 32.2. The van der Waals surface area contributed by atoms with Gasteiger partial charge in [0.05, 0.1) is 23.3 Å². The minimum atomic E-state index is -3.94. The molecule has 2 heterocycles. The van der Waals surface area contributed by atoms with Gasteiger partial charge in [0.15, 0.2) is 9.34 Å². The summed E-state index contributed by atoms with van der Waals surface area (Å²) in [5, 5.41) is 12.2. The predicted octanol–water partition coefficient (Wildman–Crippen LogP) is 2.95. The maximum Gasteiger partial charge on any atom is 0.252 e. The number of H-pyrrole nitrogens is 1. The molecule has 1 amide bonds. The molecule has 0 spiro atoms. The summed E-state index contributed by atoms with van der Waals surface area (Å²) in [6.07, 6.45) is 1.51. The Morgan fingerprint density at radius 2 is 1.94 bits per heavy atom. The number of thiazole rings is 1. The third-order valence-corrected chi connectivity index (χ3v) is 7.29. The number of aromatic amines is 1. The van der Waals surface area contributed by atoms with Crippen molar-refractivity contribution in [3.63, 3.8) is 0 Å². The van der Waals surface area contributed by atoms with Crippen molar-refractivity contribution in [2.45, 2.75) is 23.6 Å². The van der Waals surface area contributed by atoms with E-state index in [1.807, 2.05) is 24.3 Å². The fraction of sp³-hybridized carbons (Fsp3) is 0.150. The minimum Gasteiger partial charge on any atom is -0.508 e. The van der Waals surface area contributed by atoms with E-state index >= 15 is 0 Å². The second-order valence-corrected chi connectivity index (χ2v) is 9.82. The standard InChI is InChI=1S/C20H19N5O4S2/c1-12(26)22-20-21-11-18(30-20)31(28,29)25-17(10-13-6-8-14(27)9-7-13)19-23-15-4-2-3-5-16(15)24-19/h2-9,11,17,25,27H,10H2,1H3,(H,23,24)(H,21,22,26). The summed E-state index contributed by atoms with van der Waals surface area (Å²) in [5.74, 6) is 0.253. The summed E-state index contributed by atoms with van der Waals surface area (Å²) < 4.78 is 28.7. The van der Waals surface area contributed by atoms with Crippen molar-refractivity contribution in [2.24, 2.45) is 0 Å². The number of nitrogens with zero attached hydrogens (tertiary/aromatic N) is 2. The molecule has 2 aromatic heterocycles. The van der Waals surface area contributed by atoms with Crippen molar-refractivity contribution in [2.75, 3.05) is 5.32 Å². The number of benzene rings is 2. The van der Waals surface area contributed by atoms with E-state index in [2.05, 4.69) is 25.0 Å². The average molecular weight is 458 g/mol. The number of hydrogen-bond donors (Lipinski definition) is 4. The maximum atomic E-state index is 13.0. The van der Waals surface area contributed by atoms with Crippen LogP contribution in [0.5, 0.6) is 5.75 Å². The van der Waals surface area contributed by atoms with Gasteiger partial charge in [0.25, 0.3) is 10.0 Å². The smallest absolute Gasteiger partial charge is 0.252 e. The summed E-state index contributed by atoms with van der Waals surface area (Å²) >= 11 is 0.861. The van der Waals surface area contributed by atoms with Crippen LogP contribution < -0.4 is 10.0 Å². The minimum absolute atomic E-state index is 0.0249. The molecule has 0 bridgehead atoms. The van der Waals surface area contributed by atoms with Gasteiger partial charge in [0.2, 0.25) is 5.91 Å². The number of rotatable bonds is 7. The number of carbonyl (C=O) groups excluding carboxylic acids is 1. The van der Waals surface area contributed by atoms with Gasteiger partial charge >= 0.3 is 0 Å². The Balaban J connectivity index is 1.66. The molecule has 0 radical (unpaired) electrons. The third kappa shape index (κ3) is 4.90. The number of fused-ring (bicyclic) bond motifs is 1. The Hall–Kier alpha value is -3.28. The van der Waals surface area contributed by atoms with Crippen LogP contribution in [0.4, 0.5) is 5.13 Å². The van der Waals surface area contributed by atoms with Crippen LogP contribution in [-0.2, 0) is 21.2 Å². The van der Waals surface area contributed by atoms with Crippen molar-refractivity contribution < 1.29 is 18.3 Å². The number of aromatic nitrogens is 3. The Labute approximate surface area is 182 Å². The van der Waals surface area contributed by atoms with Gasteiger partial charge in [-0.15, -0.1) is 0 Å². The van der Waals surface area contributed by atoms with E-state index in [1.54, 1.807) is 24.3 Å². The molecular weight excluding hydrogens is 438 g/mol. The zero-order chi connectivity index (χ0) is 22.0. The van der Waals surface area contributed by atoms with Crippen LogP contribution in [-0.4, -0.2) is 34.4 Å². The number of imidazole rings is 1. The molecule has 4 rings (SSSR count). The lowest BCUT2D eigenvalue weighted by Crippen LogP contribution is -2.30. The predicted molar refractivity (Wildman–Crippen MR) is 117 cm³/mol. The lowest BCUT2D eigenvalue weighted by Gasteiger charge is -2.16. The number of para-hydroxylation sites is 2. The number of carbonyl (C=O) groups is 1. The van der Waals surface area contributed by atoms with E-state index in [4.69, 9.17) is 0 Å². The van der Waals surface area contributed by atoms with Gasteiger partial charge in [0.1, 0.15) is 11.6 Å². The lowest BCUT2D eigenvalue weighted by atomic mass is 10.1. The van der Waals surface area contributed by atoms with E-state index in [1.165, 1.54) is 13.1 Å². The Bertz CT molecular complexity index is 1300. The second kappa shape index (κ2) is 8.46. The molecule has 2 aromatic carbocycles. The van der Waals surface area contributed by atoms with Crippen LogP contribution in [0.1, 0.15) is 24.4 Å². The molecule has 0 fully saturated rings. The number of hydrogen-bond acceptors (Lipinski definition) is 7. The summed E-state index contributed by atoms with van der Waals surface area (Å²) in [5.41, 5.74) is 2.32. The Morgan fingerprint density at radius 1 is 1.19 bits per heavy atom. The first-order valence-corrected chi connectivity index (χ1v) is 11.6. The molecule has 160 valence electrons. The first-order chi connectivity index (χ1) is 14.8. The highest BCUT2D eigenvalue weighted by Gasteiger charge is 2.26. The van der Waals surface area contributed by atoms with Gasteiger partial charge < -0.3 is 15.4 Å². The molecule has 0 aliphatic rings. The largest absolute Gasteiger partial charge is 0.508 e. The van der Waals surface area contributed by atoms with E-state index in [-0.39, 0.29) is 21.0 Å². The lowest BCUT2D eigenvalue weighted by molar-refractivity contribution is -0.114. The number of sulfonamides is 1. The zero-order valence-electron chi connectivity index (χ0n) is 16.4. The molecule has 0 aliphatic heterocycles.